The van der Waals surface area contributed by atoms with Gasteiger partial charge in [0, 0.05) is 37.6 Å². The summed E-state index contributed by atoms with van der Waals surface area (Å²) >= 11 is 0. The molecule has 0 aromatic heterocycles. The largest absolute Gasteiger partial charge is 0.464 e. The highest BCUT2D eigenvalue weighted by Crippen LogP contribution is 2.37. The zero-order chi connectivity index (χ0) is 16.1. The van der Waals surface area contributed by atoms with Crippen LogP contribution in [0.1, 0.15) is 31.9 Å². The van der Waals surface area contributed by atoms with E-state index in [4.69, 9.17) is 4.74 Å². The molecule has 1 heterocycles. The molecule has 1 aliphatic rings. The van der Waals surface area contributed by atoms with Crippen molar-refractivity contribution in [1.82, 2.24) is 4.90 Å². The van der Waals surface area contributed by atoms with Crippen molar-refractivity contribution in [2.24, 2.45) is 5.92 Å². The molecule has 0 unspecified atom stereocenters. The van der Waals surface area contributed by atoms with Crippen molar-refractivity contribution in [1.29, 1.82) is 0 Å². The van der Waals surface area contributed by atoms with Gasteiger partial charge in [-0.3, -0.25) is 9.69 Å². The van der Waals surface area contributed by atoms with Crippen LogP contribution < -0.4 is 0 Å². The molecule has 1 aromatic rings. The molecular formula is C17H25NO4. The lowest BCUT2D eigenvalue weighted by molar-refractivity contribution is -0.143. The van der Waals surface area contributed by atoms with Crippen LogP contribution in [0.4, 0.5) is 0 Å². The Morgan fingerprint density at radius 1 is 1.32 bits per heavy atom. The molecule has 4 atom stereocenters. The van der Waals surface area contributed by atoms with E-state index in [-0.39, 0.29) is 49.8 Å². The first-order valence-electron chi connectivity index (χ1n) is 7.76. The molecule has 0 bridgehead atoms. The summed E-state index contributed by atoms with van der Waals surface area (Å²) in [6, 6.07) is 10.0. The zero-order valence-electron chi connectivity index (χ0n) is 13.2. The zero-order valence-corrected chi connectivity index (χ0v) is 13.2. The lowest BCUT2D eigenvalue weighted by atomic mass is 10.00. The molecule has 5 nitrogen and oxygen atoms in total. The Morgan fingerprint density at radius 2 is 2.00 bits per heavy atom. The second-order valence-corrected chi connectivity index (χ2v) is 5.92. The number of likely N-dealkylation sites (tertiary alicyclic amines) is 1. The van der Waals surface area contributed by atoms with Crippen LogP contribution in [0, 0.1) is 5.92 Å². The van der Waals surface area contributed by atoms with Gasteiger partial charge in [0.15, 0.2) is 0 Å². The lowest BCUT2D eigenvalue weighted by Crippen LogP contribution is -2.44. The third-order valence-corrected chi connectivity index (χ3v) is 4.56. The van der Waals surface area contributed by atoms with Crippen LogP contribution in [0.2, 0.25) is 0 Å². The molecular weight excluding hydrogens is 282 g/mol. The standard InChI is InChI=1S/C17H25NO4/c1-12(14-6-4-3-5-7-14)18-16(10-20)8-15(9-19)17(18)11-22-13(2)21/h3-7,12,15-17,19-20H,8-11H2,1-2H3/t12-,15-,16+,17-/m1/s1. The summed E-state index contributed by atoms with van der Waals surface area (Å²) in [6.45, 7) is 3.77. The number of carbonyl (C=O) groups excluding carboxylic acids is 1. The van der Waals surface area contributed by atoms with Gasteiger partial charge in [0.2, 0.25) is 0 Å². The molecule has 1 saturated heterocycles. The first-order chi connectivity index (χ1) is 10.6. The number of hydrogen-bond donors (Lipinski definition) is 2. The quantitative estimate of drug-likeness (QED) is 0.777. The SMILES string of the molecule is CC(=O)OC[C@@H]1[C@@H](CO)C[C@@H](CO)N1[C@H](C)c1ccccc1. The number of hydrogen-bond acceptors (Lipinski definition) is 5. The monoisotopic (exact) mass is 307 g/mol. The maximum atomic E-state index is 11.1. The molecule has 1 aromatic carbocycles. The molecule has 1 aliphatic heterocycles. The Morgan fingerprint density at radius 3 is 2.55 bits per heavy atom. The van der Waals surface area contributed by atoms with E-state index in [0.717, 1.165) is 5.56 Å². The maximum Gasteiger partial charge on any atom is 0.302 e. The van der Waals surface area contributed by atoms with Crippen LogP contribution in [-0.2, 0) is 9.53 Å². The summed E-state index contributed by atoms with van der Waals surface area (Å²) in [7, 11) is 0. The smallest absolute Gasteiger partial charge is 0.302 e. The fraction of sp³-hybridized carbons (Fsp3) is 0.588. The summed E-state index contributed by atoms with van der Waals surface area (Å²) in [5, 5.41) is 19.3. The Labute approximate surface area is 131 Å². The van der Waals surface area contributed by atoms with E-state index < -0.39 is 0 Å². The highest BCUT2D eigenvalue weighted by atomic mass is 16.5. The van der Waals surface area contributed by atoms with E-state index in [0.29, 0.717) is 6.42 Å². The normalized spacial score (nSPS) is 26.8. The number of esters is 1. The van der Waals surface area contributed by atoms with Crippen molar-refractivity contribution in [3.05, 3.63) is 35.9 Å². The van der Waals surface area contributed by atoms with Crippen molar-refractivity contribution >= 4 is 5.97 Å². The minimum absolute atomic E-state index is 0.00247. The Kier molecular flexibility index (Phi) is 5.94. The van der Waals surface area contributed by atoms with E-state index in [2.05, 4.69) is 11.8 Å². The molecule has 2 N–H and O–H groups in total. The van der Waals surface area contributed by atoms with Crippen LogP contribution in [-0.4, -0.2) is 53.0 Å². The van der Waals surface area contributed by atoms with Crippen molar-refractivity contribution in [3.8, 4) is 0 Å². The molecule has 22 heavy (non-hydrogen) atoms. The van der Waals surface area contributed by atoms with Crippen LogP contribution in [0.5, 0.6) is 0 Å². The molecule has 1 fully saturated rings. The minimum atomic E-state index is -0.323. The molecule has 5 heteroatoms. The van der Waals surface area contributed by atoms with Crippen molar-refractivity contribution in [2.45, 2.75) is 38.4 Å². The van der Waals surface area contributed by atoms with Gasteiger partial charge in [0.05, 0.1) is 6.61 Å². The third-order valence-electron chi connectivity index (χ3n) is 4.56. The molecule has 122 valence electrons. The van der Waals surface area contributed by atoms with Gasteiger partial charge in [-0.1, -0.05) is 30.3 Å². The second kappa shape index (κ2) is 7.72. The van der Waals surface area contributed by atoms with Gasteiger partial charge in [-0.05, 0) is 18.9 Å². The average molecular weight is 307 g/mol. The molecule has 2 rings (SSSR count). The van der Waals surface area contributed by atoms with Gasteiger partial charge in [-0.15, -0.1) is 0 Å². The second-order valence-electron chi connectivity index (χ2n) is 5.92. The first-order valence-corrected chi connectivity index (χ1v) is 7.76. The van der Waals surface area contributed by atoms with E-state index >= 15 is 0 Å². The highest BCUT2D eigenvalue weighted by molar-refractivity contribution is 5.65. The van der Waals surface area contributed by atoms with Crippen LogP contribution in [0.3, 0.4) is 0 Å². The van der Waals surface area contributed by atoms with Gasteiger partial charge >= 0.3 is 5.97 Å². The number of aliphatic hydroxyl groups excluding tert-OH is 2. The van der Waals surface area contributed by atoms with E-state index in [1.807, 2.05) is 30.3 Å². The number of nitrogens with zero attached hydrogens (tertiary/aromatic N) is 1. The van der Waals surface area contributed by atoms with Gasteiger partial charge in [0.1, 0.15) is 6.61 Å². The number of benzene rings is 1. The van der Waals surface area contributed by atoms with Gasteiger partial charge in [0.25, 0.3) is 0 Å². The van der Waals surface area contributed by atoms with Crippen LogP contribution in [0.25, 0.3) is 0 Å². The summed E-state index contributed by atoms with van der Waals surface area (Å²) in [5.41, 5.74) is 1.15. The number of ether oxygens (including phenoxy) is 1. The van der Waals surface area contributed by atoms with Crippen molar-refractivity contribution < 1.29 is 19.7 Å². The Bertz CT molecular complexity index is 479. The predicted octanol–water partition coefficient (Wildman–Crippen LogP) is 1.35. The Balaban J connectivity index is 2.23. The van der Waals surface area contributed by atoms with Gasteiger partial charge in [-0.25, -0.2) is 0 Å². The van der Waals surface area contributed by atoms with Gasteiger partial charge in [-0.2, -0.15) is 0 Å². The lowest BCUT2D eigenvalue weighted by Gasteiger charge is -2.35. The summed E-state index contributed by atoms with van der Waals surface area (Å²) in [4.78, 5) is 13.3. The van der Waals surface area contributed by atoms with E-state index in [1.165, 1.54) is 6.92 Å². The number of rotatable bonds is 6. The summed E-state index contributed by atoms with van der Waals surface area (Å²) in [6.07, 6.45) is 0.704. The molecule has 0 aliphatic carbocycles. The highest BCUT2D eigenvalue weighted by Gasteiger charge is 2.43. The van der Waals surface area contributed by atoms with E-state index in [9.17, 15) is 15.0 Å². The molecule has 0 saturated carbocycles. The van der Waals surface area contributed by atoms with Crippen LogP contribution in [0.15, 0.2) is 30.3 Å². The molecule has 0 spiro atoms. The molecule has 0 amide bonds. The topological polar surface area (TPSA) is 70.0 Å². The summed E-state index contributed by atoms with van der Waals surface area (Å²) < 4.78 is 5.19. The van der Waals surface area contributed by atoms with Crippen LogP contribution >= 0.6 is 0 Å². The van der Waals surface area contributed by atoms with Crippen molar-refractivity contribution in [2.75, 3.05) is 19.8 Å². The third kappa shape index (κ3) is 3.66. The number of carbonyl (C=O) groups is 1. The van der Waals surface area contributed by atoms with Gasteiger partial charge < -0.3 is 14.9 Å². The fourth-order valence-electron chi connectivity index (χ4n) is 3.44. The predicted molar refractivity (Wildman–Crippen MR) is 83.2 cm³/mol. The fourth-order valence-corrected chi connectivity index (χ4v) is 3.44. The number of aliphatic hydroxyl groups is 2. The first kappa shape index (κ1) is 16.9. The maximum absolute atomic E-state index is 11.1. The molecule has 0 radical (unpaired) electrons. The Hall–Kier alpha value is -1.43. The summed E-state index contributed by atoms with van der Waals surface area (Å²) in [5.74, 6) is -0.320. The van der Waals surface area contributed by atoms with Crippen molar-refractivity contribution in [3.63, 3.8) is 0 Å². The van der Waals surface area contributed by atoms with E-state index in [1.54, 1.807) is 0 Å². The average Bonchev–Trinajstić information content (AvgIpc) is 2.90. The minimum Gasteiger partial charge on any atom is -0.464 e.